The number of fused-ring (bicyclic) bond motifs is 1. The highest BCUT2D eigenvalue weighted by atomic mass is 19.1. The predicted octanol–water partition coefficient (Wildman–Crippen LogP) is 4.67. The van der Waals surface area contributed by atoms with E-state index >= 15 is 0 Å². The molecule has 1 atom stereocenters. The number of rotatable bonds is 5. The van der Waals surface area contributed by atoms with E-state index in [1.54, 1.807) is 67.8 Å². The van der Waals surface area contributed by atoms with Gasteiger partial charge in [0.2, 0.25) is 5.88 Å². The monoisotopic (exact) mass is 442 g/mol. The van der Waals surface area contributed by atoms with Gasteiger partial charge in [-0.25, -0.2) is 9.18 Å². The summed E-state index contributed by atoms with van der Waals surface area (Å²) in [5.74, 6) is -0.697. The molecule has 0 aliphatic carbocycles. The van der Waals surface area contributed by atoms with Crippen LogP contribution in [0.1, 0.15) is 22.6 Å². The van der Waals surface area contributed by atoms with Gasteiger partial charge < -0.3 is 19.9 Å². The van der Waals surface area contributed by atoms with Crippen molar-refractivity contribution in [3.8, 4) is 23.3 Å². The SMILES string of the molecule is COc1ccc(/C=C/C(=O)Oc2ccc3c(c2)OC(N)=C(C#N)C3c2ccccc2F)cc1. The maximum absolute atomic E-state index is 14.5. The number of esters is 1. The number of hydrogen-bond donors (Lipinski definition) is 1. The summed E-state index contributed by atoms with van der Waals surface area (Å²) in [4.78, 5) is 12.3. The Kier molecular flexibility index (Phi) is 6.09. The Morgan fingerprint density at radius 1 is 1.09 bits per heavy atom. The van der Waals surface area contributed by atoms with E-state index in [4.69, 9.17) is 19.9 Å². The first-order valence-corrected chi connectivity index (χ1v) is 10.00. The molecule has 1 aliphatic heterocycles. The number of ether oxygens (including phenoxy) is 3. The second-order valence-electron chi connectivity index (χ2n) is 7.17. The number of nitrogens with two attached hydrogens (primary N) is 1. The van der Waals surface area contributed by atoms with Gasteiger partial charge in [0, 0.05) is 23.3 Å². The molecule has 164 valence electrons. The normalized spacial score (nSPS) is 14.9. The first-order valence-electron chi connectivity index (χ1n) is 10.00. The molecule has 6 nitrogen and oxygen atoms in total. The molecule has 1 heterocycles. The average molecular weight is 442 g/mol. The molecule has 2 N–H and O–H groups in total. The molecule has 0 aromatic heterocycles. The lowest BCUT2D eigenvalue weighted by molar-refractivity contribution is -0.128. The molecule has 0 spiro atoms. The molecule has 1 unspecified atom stereocenters. The Morgan fingerprint density at radius 3 is 2.52 bits per heavy atom. The molecule has 33 heavy (non-hydrogen) atoms. The van der Waals surface area contributed by atoms with E-state index in [1.165, 1.54) is 18.2 Å². The molecular formula is C26H19FN2O4. The predicted molar refractivity (Wildman–Crippen MR) is 120 cm³/mol. The Hall–Kier alpha value is -4.57. The average Bonchev–Trinajstić information content (AvgIpc) is 2.82. The molecular weight excluding hydrogens is 423 g/mol. The van der Waals surface area contributed by atoms with Gasteiger partial charge in [-0.1, -0.05) is 36.4 Å². The lowest BCUT2D eigenvalue weighted by Crippen LogP contribution is -2.21. The third kappa shape index (κ3) is 4.55. The van der Waals surface area contributed by atoms with Crippen LogP contribution in [0.25, 0.3) is 6.08 Å². The lowest BCUT2D eigenvalue weighted by Gasteiger charge is -2.26. The van der Waals surface area contributed by atoms with Crippen molar-refractivity contribution in [1.29, 1.82) is 5.26 Å². The molecule has 3 aromatic rings. The topological polar surface area (TPSA) is 94.6 Å². The third-order valence-corrected chi connectivity index (χ3v) is 5.15. The van der Waals surface area contributed by atoms with Crippen molar-refractivity contribution in [2.45, 2.75) is 5.92 Å². The minimum Gasteiger partial charge on any atom is -0.497 e. The Bertz CT molecular complexity index is 1310. The van der Waals surface area contributed by atoms with Crippen LogP contribution >= 0.6 is 0 Å². The highest BCUT2D eigenvalue weighted by molar-refractivity contribution is 5.88. The van der Waals surface area contributed by atoms with E-state index in [2.05, 4.69) is 0 Å². The van der Waals surface area contributed by atoms with Crippen LogP contribution < -0.4 is 19.9 Å². The van der Waals surface area contributed by atoms with E-state index < -0.39 is 17.7 Å². The minimum absolute atomic E-state index is 0.111. The maximum Gasteiger partial charge on any atom is 0.336 e. The number of benzene rings is 3. The summed E-state index contributed by atoms with van der Waals surface area (Å²) >= 11 is 0. The smallest absolute Gasteiger partial charge is 0.336 e. The summed E-state index contributed by atoms with van der Waals surface area (Å²) in [5, 5.41) is 9.59. The maximum atomic E-state index is 14.5. The van der Waals surface area contributed by atoms with Crippen molar-refractivity contribution in [1.82, 2.24) is 0 Å². The zero-order chi connectivity index (χ0) is 23.4. The van der Waals surface area contributed by atoms with Crippen LogP contribution in [0.15, 0.2) is 84.3 Å². The molecule has 0 bridgehead atoms. The van der Waals surface area contributed by atoms with Crippen molar-refractivity contribution in [3.05, 3.63) is 107 Å². The molecule has 3 aromatic carbocycles. The summed E-state index contributed by atoms with van der Waals surface area (Å²) in [5.41, 5.74) is 7.70. The molecule has 0 fully saturated rings. The van der Waals surface area contributed by atoms with Gasteiger partial charge in [-0.15, -0.1) is 0 Å². The number of hydrogen-bond acceptors (Lipinski definition) is 6. The van der Waals surface area contributed by atoms with Crippen LogP contribution in [-0.4, -0.2) is 13.1 Å². The fourth-order valence-electron chi connectivity index (χ4n) is 3.56. The lowest BCUT2D eigenvalue weighted by atomic mass is 9.83. The van der Waals surface area contributed by atoms with Crippen LogP contribution in [-0.2, 0) is 4.79 Å². The van der Waals surface area contributed by atoms with Crippen LogP contribution in [0.5, 0.6) is 17.2 Å². The van der Waals surface area contributed by atoms with Crippen molar-refractivity contribution in [2.75, 3.05) is 7.11 Å². The van der Waals surface area contributed by atoms with Gasteiger partial charge in [-0.3, -0.25) is 0 Å². The number of methoxy groups -OCH3 is 1. The molecule has 4 rings (SSSR count). The van der Waals surface area contributed by atoms with E-state index in [1.807, 2.05) is 6.07 Å². The summed E-state index contributed by atoms with van der Waals surface area (Å²) in [6, 6.07) is 20.0. The summed E-state index contributed by atoms with van der Waals surface area (Å²) < 4.78 is 30.6. The molecule has 0 saturated heterocycles. The zero-order valence-electron chi connectivity index (χ0n) is 17.6. The van der Waals surface area contributed by atoms with Gasteiger partial charge in [-0.2, -0.15) is 5.26 Å². The molecule has 7 heteroatoms. The summed E-state index contributed by atoms with van der Waals surface area (Å²) in [7, 11) is 1.58. The first-order chi connectivity index (χ1) is 16.0. The fraction of sp³-hybridized carbons (Fsp3) is 0.0769. The molecule has 1 aliphatic rings. The van der Waals surface area contributed by atoms with Crippen molar-refractivity contribution in [3.63, 3.8) is 0 Å². The number of allylic oxidation sites excluding steroid dienone is 1. The van der Waals surface area contributed by atoms with Crippen LogP contribution in [0, 0.1) is 17.1 Å². The highest BCUT2D eigenvalue weighted by Gasteiger charge is 2.32. The second kappa shape index (κ2) is 9.28. The van der Waals surface area contributed by atoms with Crippen LogP contribution in [0.2, 0.25) is 0 Å². The minimum atomic E-state index is -0.736. The van der Waals surface area contributed by atoms with E-state index in [9.17, 15) is 14.4 Å². The summed E-state index contributed by atoms with van der Waals surface area (Å²) in [6.07, 6.45) is 2.91. The van der Waals surface area contributed by atoms with Gasteiger partial charge in [0.05, 0.1) is 13.0 Å². The number of nitriles is 1. The zero-order valence-corrected chi connectivity index (χ0v) is 17.6. The quantitative estimate of drug-likeness (QED) is 0.351. The third-order valence-electron chi connectivity index (χ3n) is 5.15. The van der Waals surface area contributed by atoms with Gasteiger partial charge >= 0.3 is 5.97 Å². The van der Waals surface area contributed by atoms with E-state index in [0.717, 1.165) is 5.56 Å². The second-order valence-corrected chi connectivity index (χ2v) is 7.17. The van der Waals surface area contributed by atoms with Gasteiger partial charge in [0.1, 0.15) is 34.7 Å². The van der Waals surface area contributed by atoms with Crippen molar-refractivity contribution >= 4 is 12.0 Å². The number of nitrogens with zero attached hydrogens (tertiary/aromatic N) is 1. The van der Waals surface area contributed by atoms with Gasteiger partial charge in [0.15, 0.2) is 0 Å². The molecule has 0 saturated carbocycles. The highest BCUT2D eigenvalue weighted by Crippen LogP contribution is 2.44. The Morgan fingerprint density at radius 2 is 1.82 bits per heavy atom. The van der Waals surface area contributed by atoms with E-state index in [0.29, 0.717) is 16.9 Å². The van der Waals surface area contributed by atoms with Crippen LogP contribution in [0.4, 0.5) is 4.39 Å². The fourth-order valence-corrected chi connectivity index (χ4v) is 3.56. The summed E-state index contributed by atoms with van der Waals surface area (Å²) in [6.45, 7) is 0. The first kappa shape index (κ1) is 21.7. The Labute approximate surface area is 189 Å². The van der Waals surface area contributed by atoms with Crippen molar-refractivity contribution < 1.29 is 23.4 Å². The number of halogens is 1. The Balaban J connectivity index is 1.58. The standard InChI is InChI=1S/C26H19FN2O4/c1-31-17-9-6-16(7-10-17)8-13-24(30)32-18-11-12-20-23(14-18)33-26(29)21(15-28)25(20)19-4-2-3-5-22(19)27/h2-14,25H,29H2,1H3/b13-8+. The molecule has 0 radical (unpaired) electrons. The van der Waals surface area contributed by atoms with E-state index in [-0.39, 0.29) is 23.0 Å². The van der Waals surface area contributed by atoms with Crippen LogP contribution in [0.3, 0.4) is 0 Å². The van der Waals surface area contributed by atoms with Gasteiger partial charge in [-0.05, 0) is 35.9 Å². The number of carbonyl (C=O) groups excluding carboxylic acids is 1. The molecule has 0 amide bonds. The van der Waals surface area contributed by atoms with Crippen molar-refractivity contribution in [2.24, 2.45) is 5.73 Å². The number of carbonyl (C=O) groups is 1. The van der Waals surface area contributed by atoms with Gasteiger partial charge in [0.25, 0.3) is 0 Å². The largest absolute Gasteiger partial charge is 0.497 e.